The SMILES string of the molecule is C=C(C)C(=O)OCC(O)CC(OO)C(C)(C)CC(C)(CC(C)(CC(C)(CC(C)(CC(C)(CC(C)(CC(C)(CC(C)(CC)C(CC(O)COC(=O)C(=C)C)OO)C(CC(O)COC(=O)C(=C)C)OO)C(CC(O)COC(=O)C(=C)C)OO)C(CC(O)COC(=O)C(=C)C)OO)C(CC(O)COC(=O)C(=C)C)OO)C(CC(O)COC(=O)C(=C)C)OO)C(CC(O)COC(=O)C(=C)C)OO)C(CC(O)COC(=O)C(=C)C)OO. The summed E-state index contributed by atoms with van der Waals surface area (Å²) < 4.78 is 48.5. The molecule has 0 saturated carbocycles. The first-order valence-corrected chi connectivity index (χ1v) is 47.6. The van der Waals surface area contributed by atoms with Gasteiger partial charge < -0.3 is 88.6 Å². The topological polar surface area (TPSA) is 684 Å². The number of aliphatic hydroxyl groups excluding tert-OH is 9. The Morgan fingerprint density at radius 2 is 0.295 bits per heavy atom. The minimum Gasteiger partial charge on any atom is -0.460 e. The summed E-state index contributed by atoms with van der Waals surface area (Å²) in [6, 6.07) is 0. The maximum Gasteiger partial charge on any atom is 0.333 e. The molecule has 842 valence electrons. The predicted molar refractivity (Wildman–Crippen MR) is 521 cm³/mol. The van der Waals surface area contributed by atoms with E-state index in [9.17, 15) is 136 Å². The molecule has 0 amide bonds. The Morgan fingerprint density at radius 3 is 0.404 bits per heavy atom. The second-order valence-electron chi connectivity index (χ2n) is 42.7. The summed E-state index contributed by atoms with van der Waals surface area (Å²) >= 11 is 0. The smallest absolute Gasteiger partial charge is 0.333 e. The molecule has 0 bridgehead atoms. The fourth-order valence-corrected chi connectivity index (χ4v) is 19.7. The monoisotopic (exact) mass is 2100 g/mol. The Bertz CT molecular complexity index is 4240. The number of carbonyl (C=O) groups excluding carboxylic acids is 9. The molecule has 45 nitrogen and oxygen atoms in total. The predicted octanol–water partition coefficient (Wildman–Crippen LogP) is 11.2. The molecule has 0 aromatic rings. The summed E-state index contributed by atoms with van der Waals surface area (Å²) in [4.78, 5) is 167. The first kappa shape index (κ1) is 138. The zero-order valence-electron chi connectivity index (χ0n) is 88.4. The van der Waals surface area contributed by atoms with Crippen molar-refractivity contribution >= 4 is 53.7 Å². The molecule has 0 aliphatic rings. The van der Waals surface area contributed by atoms with Crippen molar-refractivity contribution in [3.05, 3.63) is 109 Å². The Balaban J connectivity index is 11.9. The number of hydrogen-bond acceptors (Lipinski definition) is 45. The molecule has 0 aromatic heterocycles. The van der Waals surface area contributed by atoms with Crippen LogP contribution in [-0.4, -0.2) is 316 Å². The molecule has 0 aliphatic heterocycles. The van der Waals surface area contributed by atoms with E-state index in [-0.39, 0.29) is 56.6 Å². The van der Waals surface area contributed by atoms with Crippen molar-refractivity contribution in [1.82, 2.24) is 0 Å². The zero-order valence-corrected chi connectivity index (χ0v) is 88.4. The van der Waals surface area contributed by atoms with Gasteiger partial charge in [-0.25, -0.2) is 87.1 Å². The van der Waals surface area contributed by atoms with Crippen LogP contribution in [-0.2, 0) is 130 Å². The van der Waals surface area contributed by atoms with Gasteiger partial charge in [0.1, 0.15) is 114 Å². The second-order valence-corrected chi connectivity index (χ2v) is 42.7. The number of hydrogen-bond donors (Lipinski definition) is 18. The van der Waals surface area contributed by atoms with Crippen LogP contribution >= 0.6 is 0 Å². The van der Waals surface area contributed by atoms with Crippen LogP contribution in [0, 0.1) is 48.7 Å². The molecule has 0 aliphatic carbocycles. The molecule has 0 heterocycles. The first-order chi connectivity index (χ1) is 67.3. The molecule has 26 unspecified atom stereocenters. The minimum absolute atomic E-state index is 0.0608. The number of carbonyl (C=O) groups is 9. The molecule has 0 rings (SSSR count). The highest BCUT2D eigenvalue weighted by molar-refractivity contribution is 5.90. The van der Waals surface area contributed by atoms with Gasteiger partial charge in [-0.05, 0) is 169 Å². The van der Waals surface area contributed by atoms with Gasteiger partial charge >= 0.3 is 53.7 Å². The fraction of sp³-hybridized carbons (Fsp3) is 0.733. The molecular formula is C101H168O45. The molecule has 0 aromatic carbocycles. The molecule has 146 heavy (non-hydrogen) atoms. The van der Waals surface area contributed by atoms with Gasteiger partial charge in [-0.3, -0.25) is 47.3 Å². The molecule has 18 N–H and O–H groups in total. The Hall–Kier alpha value is -8.19. The first-order valence-electron chi connectivity index (χ1n) is 47.6. The lowest BCUT2D eigenvalue weighted by molar-refractivity contribution is -0.350. The molecule has 0 fully saturated rings. The highest BCUT2D eigenvalue weighted by Gasteiger charge is 2.61. The van der Waals surface area contributed by atoms with Gasteiger partial charge in [0.25, 0.3) is 0 Å². The van der Waals surface area contributed by atoms with E-state index in [2.05, 4.69) is 59.2 Å². The van der Waals surface area contributed by atoms with Crippen molar-refractivity contribution < 1.29 is 223 Å². The zero-order chi connectivity index (χ0) is 113. The number of rotatable bonds is 80. The van der Waals surface area contributed by atoms with Gasteiger partial charge in [-0.15, -0.1) is 0 Å². The number of ether oxygens (including phenoxy) is 9. The maximum absolute atomic E-state index is 13.4. The third-order valence-corrected chi connectivity index (χ3v) is 26.7. The van der Waals surface area contributed by atoms with Crippen molar-refractivity contribution in [2.75, 3.05) is 59.5 Å². The van der Waals surface area contributed by atoms with E-state index < -0.39 is 381 Å². The summed E-state index contributed by atoms with van der Waals surface area (Å²) in [5.74, 6) is -9.09. The lowest BCUT2D eigenvalue weighted by Crippen LogP contribution is -2.55. The Kier molecular flexibility index (Phi) is 60.3. The third-order valence-electron chi connectivity index (χ3n) is 26.7. The van der Waals surface area contributed by atoms with Crippen LogP contribution in [0.3, 0.4) is 0 Å². The van der Waals surface area contributed by atoms with Crippen molar-refractivity contribution in [1.29, 1.82) is 0 Å². The minimum atomic E-state index is -2.41. The quantitative estimate of drug-likeness (QED) is 0.00884. The van der Waals surface area contributed by atoms with Crippen LogP contribution in [0.1, 0.15) is 254 Å². The molecule has 0 spiro atoms. The highest BCUT2D eigenvalue weighted by Crippen LogP contribution is 2.62. The highest BCUT2D eigenvalue weighted by atomic mass is 17.1. The fourth-order valence-electron chi connectivity index (χ4n) is 19.7. The lowest BCUT2D eigenvalue weighted by Gasteiger charge is -2.56. The van der Waals surface area contributed by atoms with Gasteiger partial charge in [-0.2, -0.15) is 0 Å². The molecular weight excluding hydrogens is 1930 g/mol. The summed E-state index contributed by atoms with van der Waals surface area (Å²) in [6.45, 7) is 51.9. The Labute approximate surface area is 854 Å². The van der Waals surface area contributed by atoms with Crippen LogP contribution in [0.2, 0.25) is 0 Å². The average molecular weight is 2100 g/mol. The standard InChI is InChI=1S/C101H168O45/c1-30-94(22,76(139-121)32-67(103)41-130-85(112)58(4)5)50-96(24,78(141-123)34-69(105)43-132-87(114)60(8)9)52-98(26,80(143-125)36-71(107)45-134-89(116)62(12)13)54-100(28,82(145-127)38-73(109)47-136-91(118)64(16)17)56-101(29,83(146-128)39-74(110)48-137-92(119)65(18)19)55-99(27,81(144-126)37-72(108)46-135-90(117)63(14)15)53-97(25,79(142-124)35-70(106)44-133-88(115)61(10)11)51-95(23,77(140-122)33-68(104)42-131-86(113)59(6)7)49-93(20,21)75(138-120)31-66(102)40-129-84(111)57(2)3/h66-83,102-110,120-128H,2,4,6,8,10,12,14,16,18,30-56H2,1,3,5,7,9,11,13,15,17,19-29H3. The van der Waals surface area contributed by atoms with E-state index >= 15 is 0 Å². The summed E-state index contributed by atoms with van der Waals surface area (Å²) in [5.41, 5.74) is -20.3. The van der Waals surface area contributed by atoms with E-state index in [4.69, 9.17) is 86.6 Å². The summed E-state index contributed by atoms with van der Waals surface area (Å²) in [5, 5.41) is 216. The average Bonchev–Trinajstić information content (AvgIpc) is 0.741. The van der Waals surface area contributed by atoms with Crippen LogP contribution in [0.25, 0.3) is 0 Å². The molecule has 0 radical (unpaired) electrons. The summed E-state index contributed by atoms with van der Waals surface area (Å²) in [6.07, 6.45) is -47.4. The van der Waals surface area contributed by atoms with Crippen molar-refractivity contribution in [2.45, 2.75) is 364 Å². The maximum atomic E-state index is 13.4. The molecule has 0 saturated heterocycles. The van der Waals surface area contributed by atoms with Gasteiger partial charge in [0.05, 0.1) is 54.9 Å². The number of esters is 9. The summed E-state index contributed by atoms with van der Waals surface area (Å²) in [7, 11) is 0. The second kappa shape index (κ2) is 63.8. The Morgan fingerprint density at radius 1 is 0.192 bits per heavy atom. The van der Waals surface area contributed by atoms with Crippen LogP contribution in [0.4, 0.5) is 0 Å². The van der Waals surface area contributed by atoms with Crippen molar-refractivity contribution in [3.8, 4) is 0 Å². The van der Waals surface area contributed by atoms with Gasteiger partial charge in [0, 0.05) is 108 Å². The molecule has 45 heteroatoms. The number of aliphatic hydroxyl groups is 9. The van der Waals surface area contributed by atoms with E-state index in [0.29, 0.717) is 0 Å². The van der Waals surface area contributed by atoms with Gasteiger partial charge in [0.15, 0.2) is 0 Å². The van der Waals surface area contributed by atoms with Crippen LogP contribution < -0.4 is 0 Å². The largest absolute Gasteiger partial charge is 0.460 e. The van der Waals surface area contributed by atoms with E-state index in [1.165, 1.54) is 132 Å². The van der Waals surface area contributed by atoms with Crippen LogP contribution in [0.15, 0.2) is 109 Å². The van der Waals surface area contributed by atoms with E-state index in [0.717, 1.165) is 0 Å². The van der Waals surface area contributed by atoms with Gasteiger partial charge in [-0.1, -0.05) is 135 Å². The molecule has 26 atom stereocenters. The van der Waals surface area contributed by atoms with E-state index in [1.54, 1.807) is 6.92 Å². The lowest BCUT2D eigenvalue weighted by atomic mass is 9.51. The normalized spacial score (nSPS) is 18.9. The van der Waals surface area contributed by atoms with Gasteiger partial charge in [0.2, 0.25) is 0 Å². The van der Waals surface area contributed by atoms with Crippen molar-refractivity contribution in [3.63, 3.8) is 0 Å². The van der Waals surface area contributed by atoms with Crippen molar-refractivity contribution in [2.24, 2.45) is 48.7 Å². The van der Waals surface area contributed by atoms with Crippen LogP contribution in [0.5, 0.6) is 0 Å². The third kappa shape index (κ3) is 45.9. The van der Waals surface area contributed by atoms with E-state index in [1.807, 2.05) is 0 Å².